The van der Waals surface area contributed by atoms with Crippen LogP contribution in [-0.4, -0.2) is 63.6 Å². The number of aryl methyl sites for hydroxylation is 1. The van der Waals surface area contributed by atoms with E-state index in [-0.39, 0.29) is 5.60 Å². The third-order valence-corrected chi connectivity index (χ3v) is 6.85. The van der Waals surface area contributed by atoms with Gasteiger partial charge in [-0.1, -0.05) is 18.2 Å². The summed E-state index contributed by atoms with van der Waals surface area (Å²) in [4.78, 5) is 2.60. The number of hydrogen-bond acceptors (Lipinski definition) is 4. The largest absolute Gasteiger partial charge is 0.372 e. The quantitative estimate of drug-likeness (QED) is 0.839. The fraction of sp³-hybridized carbons (Fsp3) is 0.647. The van der Waals surface area contributed by atoms with Crippen LogP contribution in [0, 0.1) is 12.8 Å². The van der Waals surface area contributed by atoms with Gasteiger partial charge in [0.25, 0.3) is 0 Å². The van der Waals surface area contributed by atoms with Crippen LogP contribution in [0.2, 0.25) is 0 Å². The molecule has 0 saturated carbocycles. The molecule has 1 aromatic rings. The molecule has 2 saturated heterocycles. The van der Waals surface area contributed by atoms with Gasteiger partial charge in [-0.2, -0.15) is 4.31 Å². The van der Waals surface area contributed by atoms with Crippen molar-refractivity contribution in [3.63, 3.8) is 0 Å². The van der Waals surface area contributed by atoms with Gasteiger partial charge in [0, 0.05) is 19.6 Å². The number of sulfonamides is 1. The van der Waals surface area contributed by atoms with Crippen LogP contribution in [0.3, 0.4) is 0 Å². The van der Waals surface area contributed by atoms with E-state index >= 15 is 0 Å². The molecule has 0 amide bonds. The van der Waals surface area contributed by atoms with Crippen LogP contribution < -0.4 is 0 Å². The van der Waals surface area contributed by atoms with E-state index in [1.165, 1.54) is 0 Å². The molecule has 1 spiro atoms. The second kappa shape index (κ2) is 6.16. The van der Waals surface area contributed by atoms with Crippen molar-refractivity contribution in [1.29, 1.82) is 0 Å². The Hall–Kier alpha value is -0.950. The molecular formula is C17H26N2O3S. The summed E-state index contributed by atoms with van der Waals surface area (Å²) in [6, 6.07) is 7.16. The molecule has 23 heavy (non-hydrogen) atoms. The topological polar surface area (TPSA) is 49.9 Å². The summed E-state index contributed by atoms with van der Waals surface area (Å²) < 4.78 is 33.1. The van der Waals surface area contributed by atoms with E-state index in [0.29, 0.717) is 23.9 Å². The number of rotatable bonds is 4. The van der Waals surface area contributed by atoms with Gasteiger partial charge in [0.05, 0.1) is 17.1 Å². The Morgan fingerprint density at radius 3 is 2.57 bits per heavy atom. The first-order chi connectivity index (χ1) is 10.8. The molecule has 1 aromatic carbocycles. The highest BCUT2D eigenvalue weighted by Crippen LogP contribution is 2.39. The van der Waals surface area contributed by atoms with Gasteiger partial charge in [-0.15, -0.1) is 0 Å². The average Bonchev–Trinajstić information content (AvgIpc) is 2.45. The summed E-state index contributed by atoms with van der Waals surface area (Å²) in [5.41, 5.74) is 0.544. The Bertz CT molecular complexity index is 656. The van der Waals surface area contributed by atoms with Crippen LogP contribution in [-0.2, 0) is 14.8 Å². The van der Waals surface area contributed by atoms with Crippen LogP contribution in [0.5, 0.6) is 0 Å². The SMILES string of the molecule is Cc1ccccc1S(=O)(=O)N1CC2(CCC(CN(C)C)CO2)C1. The Kier molecular flexibility index (Phi) is 4.53. The van der Waals surface area contributed by atoms with Gasteiger partial charge < -0.3 is 9.64 Å². The number of nitrogens with zero attached hydrogens (tertiary/aromatic N) is 2. The third-order valence-electron chi connectivity index (χ3n) is 4.90. The lowest BCUT2D eigenvalue weighted by molar-refractivity contribution is -0.158. The van der Waals surface area contributed by atoms with E-state index in [0.717, 1.165) is 31.6 Å². The van der Waals surface area contributed by atoms with Gasteiger partial charge in [-0.25, -0.2) is 8.42 Å². The Labute approximate surface area is 139 Å². The molecule has 3 rings (SSSR count). The monoisotopic (exact) mass is 338 g/mol. The van der Waals surface area contributed by atoms with Crippen molar-refractivity contribution in [3.05, 3.63) is 29.8 Å². The molecule has 0 aromatic heterocycles. The van der Waals surface area contributed by atoms with Crippen LogP contribution in [0.1, 0.15) is 18.4 Å². The molecule has 2 aliphatic heterocycles. The molecule has 2 aliphatic rings. The molecule has 5 nitrogen and oxygen atoms in total. The van der Waals surface area contributed by atoms with Crippen LogP contribution in [0.25, 0.3) is 0 Å². The molecular weight excluding hydrogens is 312 g/mol. The Balaban J connectivity index is 1.62. The number of hydrogen-bond donors (Lipinski definition) is 0. The van der Waals surface area contributed by atoms with Gasteiger partial charge in [0.2, 0.25) is 10.0 Å². The first-order valence-electron chi connectivity index (χ1n) is 8.17. The maximum absolute atomic E-state index is 12.7. The van der Waals surface area contributed by atoms with Gasteiger partial charge in [-0.3, -0.25) is 0 Å². The lowest BCUT2D eigenvalue weighted by atomic mass is 9.84. The van der Waals surface area contributed by atoms with Crippen molar-refractivity contribution in [2.24, 2.45) is 5.92 Å². The summed E-state index contributed by atoms with van der Waals surface area (Å²) in [5.74, 6) is 0.553. The summed E-state index contributed by atoms with van der Waals surface area (Å²) in [6.45, 7) is 4.57. The van der Waals surface area contributed by atoms with Gasteiger partial charge in [0.1, 0.15) is 0 Å². The fourth-order valence-corrected chi connectivity index (χ4v) is 5.39. The molecule has 128 valence electrons. The van der Waals surface area contributed by atoms with Crippen molar-refractivity contribution >= 4 is 10.0 Å². The standard InChI is InChI=1S/C17H26N2O3S/c1-14-6-4-5-7-16(14)23(20,21)19-12-17(13-19)9-8-15(11-22-17)10-18(2)3/h4-7,15H,8-13H2,1-3H3. The summed E-state index contributed by atoms with van der Waals surface area (Å²) in [7, 11) is 0.752. The molecule has 1 unspecified atom stereocenters. The first-order valence-corrected chi connectivity index (χ1v) is 9.61. The van der Waals surface area contributed by atoms with Gasteiger partial charge in [0.15, 0.2) is 0 Å². The van der Waals surface area contributed by atoms with E-state index in [1.54, 1.807) is 16.4 Å². The van der Waals surface area contributed by atoms with Crippen molar-refractivity contribution < 1.29 is 13.2 Å². The number of ether oxygens (including phenoxy) is 1. The molecule has 0 N–H and O–H groups in total. The smallest absolute Gasteiger partial charge is 0.243 e. The highest BCUT2D eigenvalue weighted by atomic mass is 32.2. The summed E-state index contributed by atoms with van der Waals surface area (Å²) in [5, 5.41) is 0. The summed E-state index contributed by atoms with van der Waals surface area (Å²) in [6.07, 6.45) is 2.06. The molecule has 2 fully saturated rings. The molecule has 0 radical (unpaired) electrons. The minimum Gasteiger partial charge on any atom is -0.372 e. The molecule has 1 atom stereocenters. The van der Waals surface area contributed by atoms with E-state index in [9.17, 15) is 8.42 Å². The Morgan fingerprint density at radius 2 is 2.00 bits per heavy atom. The van der Waals surface area contributed by atoms with Gasteiger partial charge >= 0.3 is 0 Å². The second-order valence-corrected chi connectivity index (χ2v) is 9.11. The molecule has 2 heterocycles. The van der Waals surface area contributed by atoms with Crippen molar-refractivity contribution in [1.82, 2.24) is 9.21 Å². The maximum Gasteiger partial charge on any atom is 0.243 e. The van der Waals surface area contributed by atoms with E-state index in [2.05, 4.69) is 19.0 Å². The predicted octanol–water partition coefficient (Wildman–Crippen LogP) is 1.73. The fourth-order valence-electron chi connectivity index (χ4n) is 3.58. The molecule has 0 bridgehead atoms. The van der Waals surface area contributed by atoms with Gasteiger partial charge in [-0.05, 0) is 51.4 Å². The molecule has 0 aliphatic carbocycles. The Morgan fingerprint density at radius 1 is 1.30 bits per heavy atom. The van der Waals surface area contributed by atoms with Crippen LogP contribution >= 0.6 is 0 Å². The summed E-state index contributed by atoms with van der Waals surface area (Å²) >= 11 is 0. The second-order valence-electron chi connectivity index (χ2n) is 7.20. The zero-order chi connectivity index (χ0) is 16.7. The van der Waals surface area contributed by atoms with Crippen molar-refractivity contribution in [2.45, 2.75) is 30.3 Å². The van der Waals surface area contributed by atoms with Crippen molar-refractivity contribution in [3.8, 4) is 0 Å². The lowest BCUT2D eigenvalue weighted by Crippen LogP contribution is -2.66. The lowest BCUT2D eigenvalue weighted by Gasteiger charge is -2.52. The van der Waals surface area contributed by atoms with E-state index in [1.807, 2.05) is 19.1 Å². The normalized spacial score (nSPS) is 24.8. The highest BCUT2D eigenvalue weighted by Gasteiger charge is 2.51. The zero-order valence-electron chi connectivity index (χ0n) is 14.2. The van der Waals surface area contributed by atoms with E-state index < -0.39 is 10.0 Å². The highest BCUT2D eigenvalue weighted by molar-refractivity contribution is 7.89. The van der Waals surface area contributed by atoms with E-state index in [4.69, 9.17) is 4.74 Å². The minimum absolute atomic E-state index is 0.251. The minimum atomic E-state index is -3.40. The average molecular weight is 338 g/mol. The predicted molar refractivity (Wildman–Crippen MR) is 89.9 cm³/mol. The zero-order valence-corrected chi connectivity index (χ0v) is 15.0. The first kappa shape index (κ1) is 16.9. The van der Waals surface area contributed by atoms with Crippen molar-refractivity contribution in [2.75, 3.05) is 40.3 Å². The van der Waals surface area contributed by atoms with Crippen LogP contribution in [0.4, 0.5) is 0 Å². The number of benzene rings is 1. The van der Waals surface area contributed by atoms with Crippen LogP contribution in [0.15, 0.2) is 29.2 Å². The third kappa shape index (κ3) is 3.31. The maximum atomic E-state index is 12.7. The molecule has 6 heteroatoms.